The van der Waals surface area contributed by atoms with Crippen molar-refractivity contribution in [3.8, 4) is 17.2 Å². The van der Waals surface area contributed by atoms with Crippen LogP contribution in [0.5, 0.6) is 17.2 Å². The van der Waals surface area contributed by atoms with E-state index in [9.17, 15) is 20.1 Å². The molecule has 2 aromatic rings. The molecule has 0 saturated heterocycles. The van der Waals surface area contributed by atoms with Gasteiger partial charge in [0.05, 0.1) is 17.3 Å². The van der Waals surface area contributed by atoms with Gasteiger partial charge in [-0.1, -0.05) is 29.4 Å². The van der Waals surface area contributed by atoms with Crippen LogP contribution in [-0.2, 0) is 15.9 Å². The Morgan fingerprint density at radius 3 is 2.41 bits per heavy atom. The molecule has 0 fully saturated rings. The van der Waals surface area contributed by atoms with Gasteiger partial charge in [-0.15, -0.1) is 0 Å². The molecular formula is C32H42O7. The van der Waals surface area contributed by atoms with Crippen LogP contribution in [0.2, 0.25) is 0 Å². The lowest BCUT2D eigenvalue weighted by atomic mass is 9.93. The number of allylic oxidation sites excluding steroid dienone is 4. The van der Waals surface area contributed by atoms with Gasteiger partial charge in [-0.25, -0.2) is 0 Å². The molecule has 1 aliphatic rings. The fourth-order valence-corrected chi connectivity index (χ4v) is 4.96. The van der Waals surface area contributed by atoms with Crippen LogP contribution in [0.3, 0.4) is 0 Å². The molecule has 0 saturated carbocycles. The van der Waals surface area contributed by atoms with Crippen molar-refractivity contribution in [2.45, 2.75) is 84.7 Å². The van der Waals surface area contributed by atoms with Gasteiger partial charge in [0.15, 0.2) is 0 Å². The number of methoxy groups -OCH3 is 2. The van der Waals surface area contributed by atoms with E-state index in [1.54, 1.807) is 39.2 Å². The molecule has 2 aromatic carbocycles. The summed E-state index contributed by atoms with van der Waals surface area (Å²) in [5.41, 5.74) is 3.43. The second kappa shape index (κ2) is 12.8. The van der Waals surface area contributed by atoms with Gasteiger partial charge in [0.1, 0.15) is 22.8 Å². The SMILES string of the molecule is COC1Oc2ccc(C/C=C(\C)CC/C=C(\C)CCC(OC)C(C)(C)O)c(O)c2C(=O)c2c(O)cc(C)cc21. The fourth-order valence-electron chi connectivity index (χ4n) is 4.96. The smallest absolute Gasteiger partial charge is 0.227 e. The molecule has 3 rings (SSSR count). The summed E-state index contributed by atoms with van der Waals surface area (Å²) in [6.45, 7) is 9.48. The van der Waals surface area contributed by atoms with Crippen molar-refractivity contribution >= 4 is 5.78 Å². The molecule has 1 heterocycles. The second-order valence-electron chi connectivity index (χ2n) is 11.0. The highest BCUT2D eigenvalue weighted by atomic mass is 16.7. The molecule has 212 valence electrons. The first kappa shape index (κ1) is 30.4. The minimum atomic E-state index is -0.893. The Morgan fingerprint density at radius 1 is 1.08 bits per heavy atom. The summed E-state index contributed by atoms with van der Waals surface area (Å²) in [5, 5.41) is 31.9. The number of hydrogen-bond acceptors (Lipinski definition) is 7. The summed E-state index contributed by atoms with van der Waals surface area (Å²) >= 11 is 0. The molecule has 2 unspecified atom stereocenters. The van der Waals surface area contributed by atoms with Gasteiger partial charge in [0.2, 0.25) is 12.1 Å². The number of fused-ring (bicyclic) bond motifs is 2. The summed E-state index contributed by atoms with van der Waals surface area (Å²) in [4.78, 5) is 13.5. The molecule has 0 bridgehead atoms. The van der Waals surface area contributed by atoms with Crippen molar-refractivity contribution < 1.29 is 34.3 Å². The van der Waals surface area contributed by atoms with Crippen molar-refractivity contribution in [1.29, 1.82) is 0 Å². The number of aliphatic hydroxyl groups is 1. The van der Waals surface area contributed by atoms with Crippen molar-refractivity contribution in [3.63, 3.8) is 0 Å². The van der Waals surface area contributed by atoms with E-state index in [0.717, 1.165) is 31.2 Å². The Balaban J connectivity index is 1.72. The summed E-state index contributed by atoms with van der Waals surface area (Å²) in [5.74, 6) is -0.615. The van der Waals surface area contributed by atoms with Crippen molar-refractivity contribution in [2.75, 3.05) is 14.2 Å². The zero-order valence-electron chi connectivity index (χ0n) is 24.1. The molecule has 7 nitrogen and oxygen atoms in total. The fraction of sp³-hybridized carbons (Fsp3) is 0.469. The normalized spacial score (nSPS) is 16.8. The van der Waals surface area contributed by atoms with Crippen molar-refractivity contribution in [2.24, 2.45) is 0 Å². The molecule has 0 spiro atoms. The van der Waals surface area contributed by atoms with Crippen LogP contribution < -0.4 is 4.74 Å². The first-order valence-corrected chi connectivity index (χ1v) is 13.4. The number of aryl methyl sites for hydroxylation is 1. The van der Waals surface area contributed by atoms with Crippen LogP contribution in [0.25, 0.3) is 0 Å². The highest BCUT2D eigenvalue weighted by molar-refractivity contribution is 6.15. The minimum absolute atomic E-state index is 0.0254. The number of phenolic OH excluding ortho intramolecular Hbond substituents is 2. The van der Waals surface area contributed by atoms with Crippen LogP contribution in [0, 0.1) is 6.92 Å². The van der Waals surface area contributed by atoms with Crippen LogP contribution in [0.15, 0.2) is 47.6 Å². The molecule has 1 aliphatic heterocycles. The lowest BCUT2D eigenvalue weighted by Crippen LogP contribution is -2.37. The number of ketones is 1. The van der Waals surface area contributed by atoms with Gasteiger partial charge in [-0.2, -0.15) is 0 Å². The van der Waals surface area contributed by atoms with Crippen LogP contribution in [0.1, 0.15) is 92.3 Å². The predicted octanol–water partition coefficient (Wildman–Crippen LogP) is 6.46. The maximum Gasteiger partial charge on any atom is 0.227 e. The average Bonchev–Trinajstić information content (AvgIpc) is 2.97. The summed E-state index contributed by atoms with van der Waals surface area (Å²) in [7, 11) is 3.09. The van der Waals surface area contributed by atoms with E-state index in [4.69, 9.17) is 14.2 Å². The summed E-state index contributed by atoms with van der Waals surface area (Å²) in [6, 6.07) is 6.68. The van der Waals surface area contributed by atoms with E-state index in [1.165, 1.54) is 24.3 Å². The second-order valence-corrected chi connectivity index (χ2v) is 11.0. The largest absolute Gasteiger partial charge is 0.507 e. The summed E-state index contributed by atoms with van der Waals surface area (Å²) in [6.07, 6.45) is 6.95. The molecule has 2 atom stereocenters. The topological polar surface area (TPSA) is 105 Å². The van der Waals surface area contributed by atoms with Gasteiger partial charge in [0, 0.05) is 19.8 Å². The van der Waals surface area contributed by atoms with Gasteiger partial charge < -0.3 is 29.5 Å². The van der Waals surface area contributed by atoms with Crippen molar-refractivity contribution in [3.05, 3.63) is 75.4 Å². The highest BCUT2D eigenvalue weighted by Gasteiger charge is 2.34. The number of rotatable bonds is 11. The Kier molecular flexibility index (Phi) is 9.99. The Hall–Kier alpha value is -3.13. The van der Waals surface area contributed by atoms with E-state index in [1.807, 2.05) is 13.8 Å². The van der Waals surface area contributed by atoms with Crippen LogP contribution >= 0.6 is 0 Å². The minimum Gasteiger partial charge on any atom is -0.507 e. The summed E-state index contributed by atoms with van der Waals surface area (Å²) < 4.78 is 16.8. The third-order valence-electron chi connectivity index (χ3n) is 7.25. The standard InChI is InChI=1S/C32H42O7/c1-19(9-8-10-20(2)12-16-26(37-6)32(4,5)36)11-13-22-14-15-25-28(29(22)34)30(35)27-23(31(38-7)39-25)17-21(3)18-24(27)33/h10-11,14-15,17-18,26,31,33-34,36H,8-9,12-13,16H2,1-7H3/b19-11+,20-10+. The monoisotopic (exact) mass is 538 g/mol. The van der Waals surface area contributed by atoms with Gasteiger partial charge in [-0.05, 0) is 96.0 Å². The van der Waals surface area contributed by atoms with Crippen LogP contribution in [-0.4, -0.2) is 47.0 Å². The Bertz CT molecular complexity index is 1250. The zero-order chi connectivity index (χ0) is 28.9. The molecule has 0 radical (unpaired) electrons. The molecule has 39 heavy (non-hydrogen) atoms. The van der Waals surface area contributed by atoms with E-state index < -0.39 is 17.7 Å². The number of phenols is 2. The maximum atomic E-state index is 13.5. The molecule has 0 amide bonds. The first-order chi connectivity index (χ1) is 18.4. The maximum absolute atomic E-state index is 13.5. The van der Waals surface area contributed by atoms with Crippen LogP contribution in [0.4, 0.5) is 0 Å². The number of carbonyl (C=O) groups excluding carboxylic acids is 1. The third kappa shape index (κ3) is 7.29. The molecular weight excluding hydrogens is 496 g/mol. The number of hydrogen-bond donors (Lipinski definition) is 3. The number of ether oxygens (including phenoxy) is 3. The van der Waals surface area contributed by atoms with E-state index in [2.05, 4.69) is 19.1 Å². The van der Waals surface area contributed by atoms with E-state index >= 15 is 0 Å². The predicted molar refractivity (Wildman–Crippen MR) is 152 cm³/mol. The highest BCUT2D eigenvalue weighted by Crippen LogP contribution is 2.43. The molecule has 3 N–H and O–H groups in total. The average molecular weight is 539 g/mol. The third-order valence-corrected chi connectivity index (χ3v) is 7.25. The molecule has 0 aliphatic carbocycles. The lowest BCUT2D eigenvalue weighted by Gasteiger charge is -2.28. The molecule has 7 heteroatoms. The van der Waals surface area contributed by atoms with E-state index in [-0.39, 0.29) is 34.5 Å². The Labute approximate surface area is 231 Å². The van der Waals surface area contributed by atoms with Gasteiger partial charge in [-0.3, -0.25) is 4.79 Å². The van der Waals surface area contributed by atoms with Crippen molar-refractivity contribution in [1.82, 2.24) is 0 Å². The van der Waals surface area contributed by atoms with Gasteiger partial charge in [0.25, 0.3) is 0 Å². The van der Waals surface area contributed by atoms with Gasteiger partial charge >= 0.3 is 0 Å². The molecule has 0 aromatic heterocycles. The first-order valence-electron chi connectivity index (χ1n) is 13.4. The zero-order valence-corrected chi connectivity index (χ0v) is 24.1. The number of aromatic hydroxyl groups is 2. The number of carbonyl (C=O) groups is 1. The quantitative estimate of drug-likeness (QED) is 0.282. The Morgan fingerprint density at radius 2 is 1.77 bits per heavy atom. The number of benzene rings is 2. The van der Waals surface area contributed by atoms with E-state index in [0.29, 0.717) is 17.5 Å². The lowest BCUT2D eigenvalue weighted by molar-refractivity contribution is -0.0728.